The van der Waals surface area contributed by atoms with E-state index in [1.54, 1.807) is 32.4 Å². The van der Waals surface area contributed by atoms with E-state index < -0.39 is 0 Å². The zero-order chi connectivity index (χ0) is 25.3. The number of ether oxygens (including phenoxy) is 2. The van der Waals surface area contributed by atoms with Crippen molar-refractivity contribution in [3.8, 4) is 11.5 Å². The van der Waals surface area contributed by atoms with Gasteiger partial charge < -0.3 is 19.7 Å². The molecule has 6 heteroatoms. The Morgan fingerprint density at radius 2 is 1.47 bits per heavy atom. The van der Waals surface area contributed by atoms with Crippen LogP contribution in [0.1, 0.15) is 46.8 Å². The van der Waals surface area contributed by atoms with Crippen molar-refractivity contribution in [2.75, 3.05) is 27.3 Å². The Hall–Kier alpha value is -3.80. The van der Waals surface area contributed by atoms with Crippen LogP contribution < -0.4 is 14.8 Å². The molecule has 1 atom stereocenters. The number of likely N-dealkylation sites (tertiary alicyclic amines) is 1. The van der Waals surface area contributed by atoms with Crippen LogP contribution in [-0.4, -0.2) is 44.0 Å². The van der Waals surface area contributed by atoms with Crippen molar-refractivity contribution in [2.45, 2.75) is 31.7 Å². The molecule has 0 bridgehead atoms. The molecule has 4 rings (SSSR count). The summed E-state index contributed by atoms with van der Waals surface area (Å²) in [6.45, 7) is 1.08. The molecule has 0 aromatic heterocycles. The summed E-state index contributed by atoms with van der Waals surface area (Å²) in [4.78, 5) is 28.2. The maximum atomic E-state index is 13.3. The average Bonchev–Trinajstić information content (AvgIpc) is 2.95. The topological polar surface area (TPSA) is 67.9 Å². The summed E-state index contributed by atoms with van der Waals surface area (Å²) in [5.41, 5.74) is 2.90. The number of piperidine rings is 1. The quantitative estimate of drug-likeness (QED) is 0.460. The van der Waals surface area contributed by atoms with Crippen molar-refractivity contribution in [3.63, 3.8) is 0 Å². The molecule has 1 saturated heterocycles. The van der Waals surface area contributed by atoms with Crippen molar-refractivity contribution in [1.82, 2.24) is 10.2 Å². The van der Waals surface area contributed by atoms with Gasteiger partial charge in [-0.3, -0.25) is 9.59 Å². The number of methoxy groups -OCH3 is 2. The van der Waals surface area contributed by atoms with Gasteiger partial charge in [-0.15, -0.1) is 0 Å². The van der Waals surface area contributed by atoms with E-state index in [1.165, 1.54) is 5.56 Å². The number of amides is 2. The molecule has 0 spiro atoms. The van der Waals surface area contributed by atoms with Gasteiger partial charge in [0.2, 0.25) is 5.91 Å². The second kappa shape index (κ2) is 12.2. The molecule has 1 heterocycles. The molecule has 0 aliphatic carbocycles. The van der Waals surface area contributed by atoms with Gasteiger partial charge >= 0.3 is 0 Å². The highest BCUT2D eigenvalue weighted by Gasteiger charge is 2.29. The first-order valence-corrected chi connectivity index (χ1v) is 12.5. The number of carbonyl (C=O) groups excluding carboxylic acids is 2. The van der Waals surface area contributed by atoms with E-state index in [2.05, 4.69) is 29.6 Å². The molecule has 3 aromatic rings. The van der Waals surface area contributed by atoms with Crippen LogP contribution in [0.2, 0.25) is 0 Å². The molecule has 0 saturated carbocycles. The highest BCUT2D eigenvalue weighted by Crippen LogP contribution is 2.26. The van der Waals surface area contributed by atoms with Gasteiger partial charge in [-0.1, -0.05) is 60.7 Å². The number of benzene rings is 3. The minimum absolute atomic E-state index is 0.0529. The Kier molecular flexibility index (Phi) is 8.61. The molecule has 6 nitrogen and oxygen atoms in total. The van der Waals surface area contributed by atoms with Gasteiger partial charge in [-0.2, -0.15) is 0 Å². The summed E-state index contributed by atoms with van der Waals surface area (Å²) in [6, 6.07) is 25.6. The SMILES string of the molecule is COc1cc(OC)cc(C(=O)N2CCC(C(=O)NC(CCc3ccccc3)c3ccccc3)CC2)c1. The molecule has 1 N–H and O–H groups in total. The van der Waals surface area contributed by atoms with Gasteiger partial charge in [0.15, 0.2) is 0 Å². The Bertz CT molecular complexity index is 1120. The highest BCUT2D eigenvalue weighted by molar-refractivity contribution is 5.95. The van der Waals surface area contributed by atoms with E-state index in [1.807, 2.05) is 41.3 Å². The predicted octanol–water partition coefficient (Wildman–Crippen LogP) is 5.05. The van der Waals surface area contributed by atoms with Crippen LogP contribution in [0.5, 0.6) is 11.5 Å². The molecule has 188 valence electrons. The molecular formula is C30H34N2O4. The zero-order valence-electron chi connectivity index (χ0n) is 21.0. The smallest absolute Gasteiger partial charge is 0.254 e. The van der Waals surface area contributed by atoms with Crippen LogP contribution >= 0.6 is 0 Å². The van der Waals surface area contributed by atoms with Gasteiger partial charge in [0.25, 0.3) is 5.91 Å². The van der Waals surface area contributed by atoms with E-state index in [-0.39, 0.29) is 23.8 Å². The molecule has 36 heavy (non-hydrogen) atoms. The van der Waals surface area contributed by atoms with E-state index in [9.17, 15) is 9.59 Å². The standard InChI is InChI=1S/C30H34N2O4/c1-35-26-19-25(20-27(21-26)36-2)30(34)32-17-15-24(16-18-32)29(33)31-28(23-11-7-4-8-12-23)14-13-22-9-5-3-6-10-22/h3-12,19-21,24,28H,13-18H2,1-2H3,(H,31,33). The van der Waals surface area contributed by atoms with Gasteiger partial charge in [0, 0.05) is 30.6 Å². The molecule has 1 unspecified atom stereocenters. The van der Waals surface area contributed by atoms with Crippen molar-refractivity contribution < 1.29 is 19.1 Å². The van der Waals surface area contributed by atoms with Crippen molar-refractivity contribution in [2.24, 2.45) is 5.92 Å². The lowest BCUT2D eigenvalue weighted by molar-refractivity contribution is -0.127. The first kappa shape index (κ1) is 25.3. The Balaban J connectivity index is 1.37. The van der Waals surface area contributed by atoms with Crippen LogP contribution in [-0.2, 0) is 11.2 Å². The fraction of sp³-hybridized carbons (Fsp3) is 0.333. The third-order valence-electron chi connectivity index (χ3n) is 6.83. The third-order valence-corrected chi connectivity index (χ3v) is 6.83. The fourth-order valence-corrected chi connectivity index (χ4v) is 4.71. The third kappa shape index (κ3) is 6.45. The number of hydrogen-bond donors (Lipinski definition) is 1. The van der Waals surface area contributed by atoms with E-state index in [0.717, 1.165) is 18.4 Å². The summed E-state index contributed by atoms with van der Waals surface area (Å²) >= 11 is 0. The molecule has 2 amide bonds. The lowest BCUT2D eigenvalue weighted by Crippen LogP contribution is -2.43. The fourth-order valence-electron chi connectivity index (χ4n) is 4.71. The van der Waals surface area contributed by atoms with Crippen LogP contribution in [0.4, 0.5) is 0 Å². The van der Waals surface area contributed by atoms with Crippen LogP contribution in [0.3, 0.4) is 0 Å². The summed E-state index contributed by atoms with van der Waals surface area (Å²) in [5.74, 6) is 1.03. The number of nitrogens with zero attached hydrogens (tertiary/aromatic N) is 1. The minimum atomic E-state index is -0.114. The van der Waals surface area contributed by atoms with Gasteiger partial charge in [0.05, 0.1) is 20.3 Å². The number of aryl methyl sites for hydroxylation is 1. The van der Waals surface area contributed by atoms with Gasteiger partial charge in [-0.05, 0) is 48.9 Å². The van der Waals surface area contributed by atoms with Crippen LogP contribution in [0.25, 0.3) is 0 Å². The molecule has 0 radical (unpaired) electrons. The maximum absolute atomic E-state index is 13.3. The number of hydrogen-bond acceptors (Lipinski definition) is 4. The Morgan fingerprint density at radius 3 is 2.06 bits per heavy atom. The molecular weight excluding hydrogens is 452 g/mol. The lowest BCUT2D eigenvalue weighted by Gasteiger charge is -2.32. The first-order valence-electron chi connectivity index (χ1n) is 12.5. The molecule has 1 aliphatic heterocycles. The maximum Gasteiger partial charge on any atom is 0.254 e. The van der Waals surface area contributed by atoms with Gasteiger partial charge in [0.1, 0.15) is 11.5 Å². The van der Waals surface area contributed by atoms with Gasteiger partial charge in [-0.25, -0.2) is 0 Å². The Labute approximate surface area is 213 Å². The minimum Gasteiger partial charge on any atom is -0.497 e. The summed E-state index contributed by atoms with van der Waals surface area (Å²) in [5, 5.41) is 3.30. The first-order chi connectivity index (χ1) is 17.6. The molecule has 1 fully saturated rings. The predicted molar refractivity (Wildman–Crippen MR) is 140 cm³/mol. The van der Waals surface area contributed by atoms with Crippen LogP contribution in [0.15, 0.2) is 78.9 Å². The van der Waals surface area contributed by atoms with E-state index >= 15 is 0 Å². The second-order valence-corrected chi connectivity index (χ2v) is 9.16. The lowest BCUT2D eigenvalue weighted by atomic mass is 9.93. The van der Waals surface area contributed by atoms with Crippen LogP contribution in [0, 0.1) is 5.92 Å². The summed E-state index contributed by atoms with van der Waals surface area (Å²) < 4.78 is 10.6. The monoisotopic (exact) mass is 486 g/mol. The van der Waals surface area contributed by atoms with Crippen molar-refractivity contribution >= 4 is 11.8 Å². The van der Waals surface area contributed by atoms with E-state index in [4.69, 9.17) is 9.47 Å². The largest absolute Gasteiger partial charge is 0.497 e. The average molecular weight is 487 g/mol. The summed E-state index contributed by atoms with van der Waals surface area (Å²) in [7, 11) is 3.13. The highest BCUT2D eigenvalue weighted by atomic mass is 16.5. The second-order valence-electron chi connectivity index (χ2n) is 9.16. The zero-order valence-corrected chi connectivity index (χ0v) is 21.0. The Morgan fingerprint density at radius 1 is 0.889 bits per heavy atom. The number of carbonyl (C=O) groups is 2. The molecule has 3 aromatic carbocycles. The summed E-state index contributed by atoms with van der Waals surface area (Å²) in [6.07, 6.45) is 2.99. The normalized spacial score (nSPS) is 14.7. The number of nitrogens with one attached hydrogen (secondary N) is 1. The van der Waals surface area contributed by atoms with Crippen molar-refractivity contribution in [3.05, 3.63) is 95.6 Å². The van der Waals surface area contributed by atoms with E-state index in [0.29, 0.717) is 43.0 Å². The molecule has 1 aliphatic rings. The van der Waals surface area contributed by atoms with Crippen molar-refractivity contribution in [1.29, 1.82) is 0 Å². The number of rotatable bonds is 9.